The number of aliphatic hydroxyl groups is 2. The van der Waals surface area contributed by atoms with Gasteiger partial charge >= 0.3 is 11.9 Å². The van der Waals surface area contributed by atoms with Gasteiger partial charge in [0.15, 0.2) is 11.5 Å². The van der Waals surface area contributed by atoms with Crippen molar-refractivity contribution in [3.63, 3.8) is 0 Å². The lowest BCUT2D eigenvalue weighted by Crippen LogP contribution is -2.10. The van der Waals surface area contributed by atoms with E-state index in [0.29, 0.717) is 37.6 Å². The van der Waals surface area contributed by atoms with Gasteiger partial charge < -0.3 is 29.2 Å². The van der Waals surface area contributed by atoms with Gasteiger partial charge in [0, 0.05) is 12.8 Å². The molecule has 5 rings (SSSR count). The first kappa shape index (κ1) is 30.9. The number of benzene rings is 4. The third kappa shape index (κ3) is 7.54. The highest BCUT2D eigenvalue weighted by molar-refractivity contribution is 5.93. The van der Waals surface area contributed by atoms with Gasteiger partial charge in [-0.3, -0.25) is 0 Å². The minimum absolute atomic E-state index is 0.122. The number of hydrogen-bond donors (Lipinski definition) is 2. The molecule has 2 N–H and O–H groups in total. The fourth-order valence-corrected chi connectivity index (χ4v) is 5.22. The van der Waals surface area contributed by atoms with Crippen LogP contribution in [0.15, 0.2) is 110 Å². The molecule has 4 aromatic rings. The average molecular weight is 607 g/mol. The van der Waals surface area contributed by atoms with Crippen LogP contribution >= 0.6 is 0 Å². The minimum Gasteiger partial charge on any atom is -0.502 e. The van der Waals surface area contributed by atoms with Gasteiger partial charge in [0.25, 0.3) is 0 Å². The zero-order chi connectivity index (χ0) is 31.8. The highest BCUT2D eigenvalue weighted by Gasteiger charge is 2.24. The number of aliphatic hydroxyl groups excluding tert-OH is 2. The largest absolute Gasteiger partial charge is 0.502 e. The van der Waals surface area contributed by atoms with Crippen molar-refractivity contribution >= 4 is 11.9 Å². The van der Waals surface area contributed by atoms with Crippen LogP contribution < -0.4 is 9.47 Å². The Morgan fingerprint density at radius 1 is 0.600 bits per heavy atom. The molecule has 0 radical (unpaired) electrons. The Labute approximate surface area is 261 Å². The molecule has 0 aliphatic heterocycles. The summed E-state index contributed by atoms with van der Waals surface area (Å²) >= 11 is 0. The molecule has 0 amide bonds. The van der Waals surface area contributed by atoms with Crippen molar-refractivity contribution in [3.8, 4) is 44.9 Å². The van der Waals surface area contributed by atoms with Crippen molar-refractivity contribution < 1.29 is 38.7 Å². The van der Waals surface area contributed by atoms with Crippen LogP contribution in [0.1, 0.15) is 24.0 Å². The Kier molecular flexibility index (Phi) is 9.84. The molecule has 230 valence electrons. The van der Waals surface area contributed by atoms with Crippen molar-refractivity contribution in [2.75, 3.05) is 26.4 Å². The topological polar surface area (TPSA) is 112 Å². The third-order valence-corrected chi connectivity index (χ3v) is 7.35. The summed E-state index contributed by atoms with van der Waals surface area (Å²) in [5.74, 6) is -1.50. The Bertz CT molecular complexity index is 1700. The molecule has 45 heavy (non-hydrogen) atoms. The van der Waals surface area contributed by atoms with Crippen molar-refractivity contribution in [2.45, 2.75) is 19.3 Å². The van der Waals surface area contributed by atoms with Crippen molar-refractivity contribution in [1.82, 2.24) is 0 Å². The summed E-state index contributed by atoms with van der Waals surface area (Å²) in [5, 5.41) is 18.1. The number of rotatable bonds is 14. The van der Waals surface area contributed by atoms with Crippen LogP contribution in [0.25, 0.3) is 33.4 Å². The lowest BCUT2D eigenvalue weighted by atomic mass is 9.88. The first-order chi connectivity index (χ1) is 21.8. The third-order valence-electron chi connectivity index (χ3n) is 7.35. The van der Waals surface area contributed by atoms with Crippen LogP contribution in [0.4, 0.5) is 0 Å². The Balaban J connectivity index is 1.32. The molecule has 0 atom stereocenters. The van der Waals surface area contributed by atoms with E-state index in [-0.39, 0.29) is 13.2 Å². The summed E-state index contributed by atoms with van der Waals surface area (Å²) in [5.41, 5.74) is 9.44. The predicted molar refractivity (Wildman–Crippen MR) is 171 cm³/mol. The molecule has 1 aliphatic carbocycles. The molecule has 8 nitrogen and oxygen atoms in total. The van der Waals surface area contributed by atoms with Gasteiger partial charge in [-0.05, 0) is 88.4 Å². The van der Waals surface area contributed by atoms with Crippen LogP contribution in [-0.4, -0.2) is 48.6 Å². The predicted octanol–water partition coefficient (Wildman–Crippen LogP) is 7.36. The summed E-state index contributed by atoms with van der Waals surface area (Å²) in [6.07, 6.45) is 1.78. The van der Waals surface area contributed by atoms with Crippen molar-refractivity contribution in [2.24, 2.45) is 0 Å². The summed E-state index contributed by atoms with van der Waals surface area (Å²) in [4.78, 5) is 22.6. The van der Waals surface area contributed by atoms with Gasteiger partial charge in [-0.15, -0.1) is 0 Å². The summed E-state index contributed by atoms with van der Waals surface area (Å²) < 4.78 is 21.4. The van der Waals surface area contributed by atoms with Crippen molar-refractivity contribution in [1.29, 1.82) is 0 Å². The molecule has 8 heteroatoms. The van der Waals surface area contributed by atoms with E-state index < -0.39 is 23.5 Å². The van der Waals surface area contributed by atoms with E-state index in [0.717, 1.165) is 28.7 Å². The number of hydrogen-bond acceptors (Lipinski definition) is 8. The first-order valence-electron chi connectivity index (χ1n) is 14.6. The highest BCUT2D eigenvalue weighted by atomic mass is 16.6. The van der Waals surface area contributed by atoms with Crippen LogP contribution in [-0.2, 0) is 25.5 Å². The molecule has 0 spiro atoms. The van der Waals surface area contributed by atoms with Crippen LogP contribution in [0, 0.1) is 0 Å². The summed E-state index contributed by atoms with van der Waals surface area (Å²) in [7, 11) is 0. The van der Waals surface area contributed by atoms with E-state index in [4.69, 9.17) is 29.2 Å². The van der Waals surface area contributed by atoms with Gasteiger partial charge in [-0.1, -0.05) is 60.7 Å². The minimum atomic E-state index is -0.832. The molecule has 1 aliphatic rings. The second-order valence-electron chi connectivity index (χ2n) is 10.5. The SMILES string of the molecule is C=C(O)C(=O)OCCCOc1ccc(-c2ccc3c(c2-c2ccc(OCCCOC(=O)C(=C)O)cc2)Cc2ccccc2-3)cc1. The standard InChI is InChI=1S/C37H34O8/c1-24(38)36(40)44-21-5-19-42-29-13-9-26(10-14-29)32-17-18-33-31-8-4-3-7-28(31)23-34(33)35(32)27-11-15-30(16-12-27)43-20-6-22-45-37(41)25(2)39/h3-4,7-18,38-39H,1-2,5-6,19-23H2. The first-order valence-corrected chi connectivity index (χ1v) is 14.6. The van der Waals surface area contributed by atoms with E-state index in [1.165, 1.54) is 22.3 Å². The second kappa shape index (κ2) is 14.3. The van der Waals surface area contributed by atoms with Gasteiger partial charge in [0.2, 0.25) is 0 Å². The van der Waals surface area contributed by atoms with E-state index in [1.807, 2.05) is 36.4 Å². The lowest BCUT2D eigenvalue weighted by molar-refractivity contribution is -0.143. The van der Waals surface area contributed by atoms with E-state index in [2.05, 4.69) is 61.7 Å². The quantitative estimate of drug-likeness (QED) is 0.0584. The molecule has 0 heterocycles. The molecule has 0 fully saturated rings. The Morgan fingerprint density at radius 2 is 1.11 bits per heavy atom. The monoisotopic (exact) mass is 606 g/mol. The van der Waals surface area contributed by atoms with Crippen molar-refractivity contribution in [3.05, 3.63) is 121 Å². The summed E-state index contributed by atoms with van der Waals surface area (Å²) in [6.45, 7) is 7.24. The maximum atomic E-state index is 11.3. The van der Waals surface area contributed by atoms with Gasteiger partial charge in [-0.25, -0.2) is 9.59 Å². The number of fused-ring (bicyclic) bond motifs is 3. The molecule has 0 bridgehead atoms. The number of esters is 2. The van der Waals surface area contributed by atoms with Gasteiger partial charge in [0.05, 0.1) is 26.4 Å². The maximum absolute atomic E-state index is 11.3. The Morgan fingerprint density at radius 3 is 1.67 bits per heavy atom. The smallest absolute Gasteiger partial charge is 0.372 e. The zero-order valence-electron chi connectivity index (χ0n) is 24.8. The summed E-state index contributed by atoms with van der Waals surface area (Å²) in [6, 6.07) is 28.8. The molecular weight excluding hydrogens is 572 g/mol. The molecule has 4 aromatic carbocycles. The zero-order valence-corrected chi connectivity index (χ0v) is 24.8. The maximum Gasteiger partial charge on any atom is 0.372 e. The van der Waals surface area contributed by atoms with Crippen LogP contribution in [0.3, 0.4) is 0 Å². The molecule has 0 saturated carbocycles. The van der Waals surface area contributed by atoms with E-state index in [9.17, 15) is 9.59 Å². The molecule has 0 unspecified atom stereocenters. The van der Waals surface area contributed by atoms with Gasteiger partial charge in [-0.2, -0.15) is 0 Å². The fraction of sp³-hybridized carbons (Fsp3) is 0.189. The second-order valence-corrected chi connectivity index (χ2v) is 10.5. The van der Waals surface area contributed by atoms with Crippen LogP contribution in [0.5, 0.6) is 11.5 Å². The molecule has 0 aromatic heterocycles. The van der Waals surface area contributed by atoms with Gasteiger partial charge in [0.1, 0.15) is 11.5 Å². The molecular formula is C37H34O8. The molecule has 0 saturated heterocycles. The fourth-order valence-electron chi connectivity index (χ4n) is 5.22. The normalized spacial score (nSPS) is 11.2. The van der Waals surface area contributed by atoms with Crippen LogP contribution in [0.2, 0.25) is 0 Å². The lowest BCUT2D eigenvalue weighted by Gasteiger charge is -2.17. The Hall–Kier alpha value is -5.50. The van der Waals surface area contributed by atoms with E-state index >= 15 is 0 Å². The highest BCUT2D eigenvalue weighted by Crippen LogP contribution is 2.46. The average Bonchev–Trinajstić information content (AvgIpc) is 3.43. The number of ether oxygens (including phenoxy) is 4. The number of carbonyl (C=O) groups is 2. The number of carbonyl (C=O) groups excluding carboxylic acids is 2. The van der Waals surface area contributed by atoms with E-state index in [1.54, 1.807) is 0 Å².